The lowest BCUT2D eigenvalue weighted by atomic mass is 10.3. The second-order valence-corrected chi connectivity index (χ2v) is 6.63. The fraction of sp³-hybridized carbons (Fsp3) is 0.353. The van der Waals surface area contributed by atoms with Crippen molar-refractivity contribution in [3.63, 3.8) is 0 Å². The van der Waals surface area contributed by atoms with Crippen molar-refractivity contribution in [1.29, 1.82) is 0 Å². The third-order valence-corrected chi connectivity index (χ3v) is 4.48. The summed E-state index contributed by atoms with van der Waals surface area (Å²) in [5.74, 6) is -1.19. The molecule has 0 aliphatic carbocycles. The number of hydrogen-bond acceptors (Lipinski definition) is 5. The summed E-state index contributed by atoms with van der Waals surface area (Å²) in [5, 5.41) is 16.6. The molecule has 0 saturated carbocycles. The third kappa shape index (κ3) is 4.18. The van der Waals surface area contributed by atoms with Crippen molar-refractivity contribution in [1.82, 2.24) is 29.3 Å². The molecule has 3 aromatic heterocycles. The first-order valence-corrected chi connectivity index (χ1v) is 8.70. The van der Waals surface area contributed by atoms with E-state index in [9.17, 15) is 22.8 Å². The van der Waals surface area contributed by atoms with E-state index in [1.54, 1.807) is 18.7 Å². The highest BCUT2D eigenvalue weighted by Crippen LogP contribution is 2.28. The van der Waals surface area contributed by atoms with Crippen molar-refractivity contribution in [3.8, 4) is 0 Å². The van der Waals surface area contributed by atoms with Crippen LogP contribution in [0.4, 0.5) is 24.5 Å². The lowest BCUT2D eigenvalue weighted by molar-refractivity contribution is -0.141. The monoisotopic (exact) mass is 424 g/mol. The van der Waals surface area contributed by atoms with Crippen molar-refractivity contribution in [2.45, 2.75) is 26.6 Å². The Morgan fingerprint density at radius 2 is 1.67 bits per heavy atom. The predicted octanol–water partition coefficient (Wildman–Crippen LogP) is 1.88. The first kappa shape index (κ1) is 21.1. The molecule has 10 nitrogen and oxygen atoms in total. The van der Waals surface area contributed by atoms with Gasteiger partial charge in [0.1, 0.15) is 12.2 Å². The van der Waals surface area contributed by atoms with Gasteiger partial charge in [-0.25, -0.2) is 0 Å². The second-order valence-electron chi connectivity index (χ2n) is 6.63. The maximum atomic E-state index is 12.8. The second kappa shape index (κ2) is 7.65. The molecule has 3 aromatic rings. The molecule has 0 unspecified atom stereocenters. The Labute approximate surface area is 168 Å². The minimum absolute atomic E-state index is 0.0692. The summed E-state index contributed by atoms with van der Waals surface area (Å²) in [4.78, 5) is 25.0. The SMILES string of the molecule is Cc1c(NC(=O)c2c(NC(=O)Cn3nc(C(F)(F)F)cc3C)cnn2C)cnn1C. The number of alkyl halides is 3. The summed E-state index contributed by atoms with van der Waals surface area (Å²) in [6.45, 7) is 2.73. The van der Waals surface area contributed by atoms with E-state index in [0.29, 0.717) is 5.69 Å². The Morgan fingerprint density at radius 3 is 2.23 bits per heavy atom. The van der Waals surface area contributed by atoms with Crippen LogP contribution in [0.15, 0.2) is 18.5 Å². The van der Waals surface area contributed by atoms with Crippen LogP contribution in [0.5, 0.6) is 0 Å². The fourth-order valence-corrected chi connectivity index (χ4v) is 2.74. The van der Waals surface area contributed by atoms with Crippen LogP contribution in [-0.4, -0.2) is 41.2 Å². The number of amides is 2. The van der Waals surface area contributed by atoms with E-state index in [2.05, 4.69) is 25.9 Å². The van der Waals surface area contributed by atoms with E-state index in [1.165, 1.54) is 31.0 Å². The van der Waals surface area contributed by atoms with Gasteiger partial charge >= 0.3 is 6.18 Å². The summed E-state index contributed by atoms with van der Waals surface area (Å²) in [5.41, 5.74) is 0.496. The maximum absolute atomic E-state index is 12.8. The molecule has 0 spiro atoms. The molecule has 3 rings (SSSR count). The smallest absolute Gasteiger partial charge is 0.321 e. The van der Waals surface area contributed by atoms with Gasteiger partial charge in [0, 0.05) is 19.8 Å². The van der Waals surface area contributed by atoms with Gasteiger partial charge in [0.05, 0.1) is 29.5 Å². The van der Waals surface area contributed by atoms with Gasteiger partial charge in [-0.1, -0.05) is 0 Å². The molecular weight excluding hydrogens is 405 g/mol. The number of aryl methyl sites for hydroxylation is 3. The van der Waals surface area contributed by atoms with Gasteiger partial charge in [0.25, 0.3) is 5.91 Å². The Balaban J connectivity index is 1.75. The maximum Gasteiger partial charge on any atom is 0.435 e. The number of nitrogens with zero attached hydrogens (tertiary/aromatic N) is 6. The molecule has 0 aliphatic rings. The van der Waals surface area contributed by atoms with Gasteiger partial charge in [-0.05, 0) is 19.9 Å². The molecule has 2 N–H and O–H groups in total. The molecule has 2 amide bonds. The van der Waals surface area contributed by atoms with Crippen LogP contribution in [0, 0.1) is 13.8 Å². The van der Waals surface area contributed by atoms with Gasteiger partial charge in [-0.15, -0.1) is 0 Å². The first-order chi connectivity index (χ1) is 14.0. The molecule has 13 heteroatoms. The molecule has 0 bridgehead atoms. The summed E-state index contributed by atoms with van der Waals surface area (Å²) in [7, 11) is 3.25. The summed E-state index contributed by atoms with van der Waals surface area (Å²) < 4.78 is 42.1. The zero-order valence-corrected chi connectivity index (χ0v) is 16.6. The van der Waals surface area contributed by atoms with Gasteiger partial charge in [0.2, 0.25) is 5.91 Å². The lowest BCUT2D eigenvalue weighted by Gasteiger charge is -2.09. The number of nitrogens with one attached hydrogen (secondary N) is 2. The fourth-order valence-electron chi connectivity index (χ4n) is 2.74. The molecule has 0 atom stereocenters. The number of hydrogen-bond donors (Lipinski definition) is 2. The third-order valence-electron chi connectivity index (χ3n) is 4.48. The Kier molecular flexibility index (Phi) is 5.37. The number of aromatic nitrogens is 6. The van der Waals surface area contributed by atoms with E-state index in [-0.39, 0.29) is 17.1 Å². The Morgan fingerprint density at radius 1 is 1.03 bits per heavy atom. The van der Waals surface area contributed by atoms with Crippen molar-refractivity contribution in [2.24, 2.45) is 14.1 Å². The number of halogens is 3. The highest BCUT2D eigenvalue weighted by molar-refractivity contribution is 6.09. The number of carbonyl (C=O) groups excluding carboxylic acids is 2. The highest BCUT2D eigenvalue weighted by Gasteiger charge is 2.34. The molecular formula is C17H19F3N8O2. The topological polar surface area (TPSA) is 112 Å². The average Bonchev–Trinajstić information content (AvgIpc) is 3.29. The van der Waals surface area contributed by atoms with Crippen LogP contribution in [0.1, 0.15) is 27.6 Å². The zero-order valence-electron chi connectivity index (χ0n) is 16.6. The van der Waals surface area contributed by atoms with E-state index in [1.807, 2.05) is 0 Å². The van der Waals surface area contributed by atoms with Crippen molar-refractivity contribution >= 4 is 23.2 Å². The predicted molar refractivity (Wildman–Crippen MR) is 99.7 cm³/mol. The van der Waals surface area contributed by atoms with Crippen LogP contribution >= 0.6 is 0 Å². The van der Waals surface area contributed by atoms with Crippen LogP contribution in [-0.2, 0) is 31.6 Å². The Hall–Kier alpha value is -3.64. The molecule has 0 aromatic carbocycles. The number of rotatable bonds is 5. The highest BCUT2D eigenvalue weighted by atomic mass is 19.4. The van der Waals surface area contributed by atoms with Crippen molar-refractivity contribution in [3.05, 3.63) is 41.2 Å². The summed E-state index contributed by atoms with van der Waals surface area (Å²) in [6.07, 6.45) is -1.84. The van der Waals surface area contributed by atoms with Crippen LogP contribution < -0.4 is 10.6 Å². The standard InChI is InChI=1S/C17H19F3N8O2/c1-9-5-13(17(18,19)20)25-28(9)8-14(29)23-12-7-22-27(4)15(12)16(30)24-11-6-21-26(3)10(11)2/h5-7H,8H2,1-4H3,(H,23,29)(H,24,30). The molecule has 0 fully saturated rings. The van der Waals surface area contributed by atoms with Gasteiger partial charge in [-0.3, -0.25) is 23.6 Å². The molecule has 0 aliphatic heterocycles. The minimum Gasteiger partial charge on any atom is -0.321 e. The molecule has 0 radical (unpaired) electrons. The average molecular weight is 424 g/mol. The molecule has 30 heavy (non-hydrogen) atoms. The van der Waals surface area contributed by atoms with E-state index in [0.717, 1.165) is 16.4 Å². The minimum atomic E-state index is -4.61. The van der Waals surface area contributed by atoms with Gasteiger partial charge in [-0.2, -0.15) is 28.5 Å². The van der Waals surface area contributed by atoms with Crippen LogP contribution in [0.3, 0.4) is 0 Å². The molecule has 0 saturated heterocycles. The largest absolute Gasteiger partial charge is 0.435 e. The van der Waals surface area contributed by atoms with Crippen LogP contribution in [0.2, 0.25) is 0 Å². The lowest BCUT2D eigenvalue weighted by Crippen LogP contribution is -2.23. The van der Waals surface area contributed by atoms with E-state index in [4.69, 9.17) is 0 Å². The van der Waals surface area contributed by atoms with Crippen LogP contribution in [0.25, 0.3) is 0 Å². The van der Waals surface area contributed by atoms with Crippen molar-refractivity contribution < 1.29 is 22.8 Å². The molecule has 160 valence electrons. The van der Waals surface area contributed by atoms with Gasteiger partial charge < -0.3 is 10.6 Å². The molecule has 3 heterocycles. The normalized spacial score (nSPS) is 11.6. The zero-order chi connectivity index (χ0) is 22.2. The van der Waals surface area contributed by atoms with E-state index >= 15 is 0 Å². The summed E-state index contributed by atoms with van der Waals surface area (Å²) in [6, 6.07) is 0.854. The number of carbonyl (C=O) groups is 2. The van der Waals surface area contributed by atoms with Gasteiger partial charge in [0.15, 0.2) is 5.69 Å². The Bertz CT molecular complexity index is 1110. The first-order valence-electron chi connectivity index (χ1n) is 8.70. The summed E-state index contributed by atoms with van der Waals surface area (Å²) >= 11 is 0. The quantitative estimate of drug-likeness (QED) is 0.650. The van der Waals surface area contributed by atoms with E-state index < -0.39 is 30.2 Å². The number of anilines is 2. The van der Waals surface area contributed by atoms with Crippen molar-refractivity contribution in [2.75, 3.05) is 10.6 Å².